The molecule has 1 unspecified atom stereocenters. The van der Waals surface area contributed by atoms with Crippen LogP contribution in [0.5, 0.6) is 0 Å². The number of benzene rings is 1. The van der Waals surface area contributed by atoms with Crippen LogP contribution in [-0.4, -0.2) is 36.3 Å². The van der Waals surface area contributed by atoms with Gasteiger partial charge in [-0.25, -0.2) is 0 Å². The fourth-order valence-corrected chi connectivity index (χ4v) is 2.31. The van der Waals surface area contributed by atoms with Crippen molar-refractivity contribution in [3.8, 4) is 0 Å². The quantitative estimate of drug-likeness (QED) is 0.800. The molecule has 0 spiro atoms. The number of halogens is 1. The summed E-state index contributed by atoms with van der Waals surface area (Å²) in [5.41, 5.74) is 6.55. The number of carbonyl (C=O) groups excluding carboxylic acids is 2. The molecular formula is C12H14BrN3O2. The van der Waals surface area contributed by atoms with Crippen LogP contribution in [0.15, 0.2) is 22.7 Å². The van der Waals surface area contributed by atoms with Crippen LogP contribution in [0.25, 0.3) is 0 Å². The minimum atomic E-state index is -0.439. The second kappa shape index (κ2) is 4.97. The molecule has 0 bridgehead atoms. The van der Waals surface area contributed by atoms with Gasteiger partial charge in [0.15, 0.2) is 0 Å². The first-order valence-electron chi connectivity index (χ1n) is 5.60. The predicted molar refractivity (Wildman–Crippen MR) is 72.1 cm³/mol. The van der Waals surface area contributed by atoms with Crippen LogP contribution in [0.2, 0.25) is 0 Å². The summed E-state index contributed by atoms with van der Waals surface area (Å²) in [5, 5.41) is 2.71. The molecule has 3 N–H and O–H groups in total. The van der Waals surface area contributed by atoms with E-state index in [9.17, 15) is 9.59 Å². The summed E-state index contributed by atoms with van der Waals surface area (Å²) in [5.74, 6) is -0.368. The van der Waals surface area contributed by atoms with Crippen molar-refractivity contribution in [3.63, 3.8) is 0 Å². The number of likely N-dealkylation sites (N-methyl/N-ethyl adjacent to an activating group) is 1. The molecule has 1 aliphatic heterocycles. The topological polar surface area (TPSA) is 75.4 Å². The molecule has 18 heavy (non-hydrogen) atoms. The molecule has 1 aliphatic rings. The molecule has 1 aromatic carbocycles. The van der Waals surface area contributed by atoms with Crippen LogP contribution in [0, 0.1) is 0 Å². The Labute approximate surface area is 113 Å². The van der Waals surface area contributed by atoms with E-state index in [1.807, 2.05) is 0 Å². The summed E-state index contributed by atoms with van der Waals surface area (Å²) < 4.78 is 0.813. The Hall–Kier alpha value is -1.56. The number of nitrogens with one attached hydrogen (secondary N) is 1. The second-order valence-corrected chi connectivity index (χ2v) is 5.22. The summed E-state index contributed by atoms with van der Waals surface area (Å²) in [6.07, 6.45) is 0.636. The standard InChI is InChI=1S/C12H14BrN3O2/c1-16-5-4-10(12(16)18)15-11(17)8-3-2-7(13)6-9(8)14/h2-3,6,10H,4-5,14H2,1H3,(H,15,17). The summed E-state index contributed by atoms with van der Waals surface area (Å²) in [6, 6.07) is 4.61. The molecule has 96 valence electrons. The molecule has 2 amide bonds. The van der Waals surface area contributed by atoms with Gasteiger partial charge in [-0.3, -0.25) is 9.59 Å². The summed E-state index contributed by atoms with van der Waals surface area (Å²) >= 11 is 3.28. The number of nitrogens with zero attached hydrogens (tertiary/aromatic N) is 1. The maximum absolute atomic E-state index is 12.0. The number of likely N-dealkylation sites (tertiary alicyclic amines) is 1. The van der Waals surface area contributed by atoms with Gasteiger partial charge in [0.25, 0.3) is 5.91 Å². The average molecular weight is 312 g/mol. The average Bonchev–Trinajstić information content (AvgIpc) is 2.61. The van der Waals surface area contributed by atoms with Crippen molar-refractivity contribution >= 4 is 33.4 Å². The van der Waals surface area contributed by atoms with Gasteiger partial charge in [-0.05, 0) is 24.6 Å². The van der Waals surface area contributed by atoms with Crippen LogP contribution < -0.4 is 11.1 Å². The molecule has 0 radical (unpaired) electrons. The van der Waals surface area contributed by atoms with Crippen LogP contribution in [0.1, 0.15) is 16.8 Å². The lowest BCUT2D eigenvalue weighted by Crippen LogP contribution is -2.40. The van der Waals surface area contributed by atoms with Crippen molar-refractivity contribution in [2.24, 2.45) is 0 Å². The second-order valence-electron chi connectivity index (χ2n) is 4.31. The fraction of sp³-hybridized carbons (Fsp3) is 0.333. The molecule has 1 atom stereocenters. The van der Waals surface area contributed by atoms with E-state index in [4.69, 9.17) is 5.73 Å². The molecule has 1 saturated heterocycles. The van der Waals surface area contributed by atoms with Gasteiger partial charge in [-0.1, -0.05) is 15.9 Å². The monoisotopic (exact) mass is 311 g/mol. The molecule has 1 fully saturated rings. The number of carbonyl (C=O) groups is 2. The third-order valence-electron chi connectivity index (χ3n) is 2.99. The van der Waals surface area contributed by atoms with Crippen molar-refractivity contribution in [2.45, 2.75) is 12.5 Å². The predicted octanol–water partition coefficient (Wildman–Crippen LogP) is 0.992. The molecule has 6 heteroatoms. The number of rotatable bonds is 2. The maximum Gasteiger partial charge on any atom is 0.254 e. The van der Waals surface area contributed by atoms with Crippen LogP contribution in [0.3, 0.4) is 0 Å². The highest BCUT2D eigenvalue weighted by molar-refractivity contribution is 9.10. The van der Waals surface area contributed by atoms with Gasteiger partial charge in [-0.15, -0.1) is 0 Å². The lowest BCUT2D eigenvalue weighted by molar-refractivity contribution is -0.128. The zero-order valence-corrected chi connectivity index (χ0v) is 11.5. The Kier molecular flexibility index (Phi) is 3.56. The van der Waals surface area contributed by atoms with Crippen molar-refractivity contribution in [3.05, 3.63) is 28.2 Å². The van der Waals surface area contributed by atoms with Crippen LogP contribution >= 0.6 is 15.9 Å². The molecule has 0 saturated carbocycles. The minimum Gasteiger partial charge on any atom is -0.398 e. The van der Waals surface area contributed by atoms with Crippen LogP contribution in [-0.2, 0) is 4.79 Å². The number of nitrogen functional groups attached to an aromatic ring is 1. The Morgan fingerprint density at radius 2 is 2.28 bits per heavy atom. The fourth-order valence-electron chi connectivity index (χ4n) is 1.93. The summed E-state index contributed by atoms with van der Waals surface area (Å²) in [6.45, 7) is 0.666. The Morgan fingerprint density at radius 3 is 2.83 bits per heavy atom. The molecule has 1 aromatic rings. The van der Waals surface area contributed by atoms with E-state index in [1.165, 1.54) is 0 Å². The maximum atomic E-state index is 12.0. The molecule has 0 aliphatic carbocycles. The SMILES string of the molecule is CN1CCC(NC(=O)c2ccc(Br)cc2N)C1=O. The highest BCUT2D eigenvalue weighted by Crippen LogP contribution is 2.19. The summed E-state index contributed by atoms with van der Waals surface area (Å²) in [4.78, 5) is 25.3. The van der Waals surface area contributed by atoms with Crippen molar-refractivity contribution in [1.29, 1.82) is 0 Å². The van der Waals surface area contributed by atoms with Crippen molar-refractivity contribution in [2.75, 3.05) is 19.3 Å². The number of hydrogen-bond acceptors (Lipinski definition) is 3. The van der Waals surface area contributed by atoms with Crippen LogP contribution in [0.4, 0.5) is 5.69 Å². The first-order valence-corrected chi connectivity index (χ1v) is 6.39. The van der Waals surface area contributed by atoms with Gasteiger partial charge in [0, 0.05) is 23.8 Å². The lowest BCUT2D eigenvalue weighted by Gasteiger charge is -2.13. The normalized spacial score (nSPS) is 19.1. The van der Waals surface area contributed by atoms with Gasteiger partial charge in [0.2, 0.25) is 5.91 Å². The first kappa shape index (κ1) is 12.9. The van der Waals surface area contributed by atoms with E-state index < -0.39 is 6.04 Å². The Balaban J connectivity index is 2.11. The molecule has 1 heterocycles. The smallest absolute Gasteiger partial charge is 0.254 e. The first-order chi connectivity index (χ1) is 8.49. The Morgan fingerprint density at radius 1 is 1.56 bits per heavy atom. The van der Waals surface area contributed by atoms with Crippen molar-refractivity contribution < 1.29 is 9.59 Å². The van der Waals surface area contributed by atoms with Gasteiger partial charge in [0.05, 0.1) is 5.56 Å². The van der Waals surface area contributed by atoms with E-state index in [0.717, 1.165) is 4.47 Å². The van der Waals surface area contributed by atoms with Gasteiger partial charge >= 0.3 is 0 Å². The number of nitrogens with two attached hydrogens (primary N) is 1. The van der Waals surface area contributed by atoms with E-state index in [2.05, 4.69) is 21.2 Å². The zero-order valence-electron chi connectivity index (χ0n) is 9.94. The lowest BCUT2D eigenvalue weighted by atomic mass is 10.1. The number of amides is 2. The summed E-state index contributed by atoms with van der Waals surface area (Å²) in [7, 11) is 1.72. The highest BCUT2D eigenvalue weighted by Gasteiger charge is 2.30. The van der Waals surface area contributed by atoms with E-state index >= 15 is 0 Å². The van der Waals surface area contributed by atoms with Crippen molar-refractivity contribution in [1.82, 2.24) is 10.2 Å². The number of anilines is 1. The van der Waals surface area contributed by atoms with E-state index in [-0.39, 0.29) is 11.8 Å². The van der Waals surface area contributed by atoms with E-state index in [0.29, 0.717) is 24.2 Å². The minimum absolute atomic E-state index is 0.0565. The van der Waals surface area contributed by atoms with E-state index in [1.54, 1.807) is 30.1 Å². The zero-order chi connectivity index (χ0) is 13.3. The molecule has 0 aromatic heterocycles. The Bertz CT molecular complexity index is 504. The molecule has 5 nitrogen and oxygen atoms in total. The molecule has 2 rings (SSSR count). The third kappa shape index (κ3) is 2.48. The number of hydrogen-bond donors (Lipinski definition) is 2. The van der Waals surface area contributed by atoms with Gasteiger partial charge in [-0.2, -0.15) is 0 Å². The largest absolute Gasteiger partial charge is 0.398 e. The highest BCUT2D eigenvalue weighted by atomic mass is 79.9. The third-order valence-corrected chi connectivity index (χ3v) is 3.48. The molecular weight excluding hydrogens is 298 g/mol. The van der Waals surface area contributed by atoms with Gasteiger partial charge in [0.1, 0.15) is 6.04 Å². The van der Waals surface area contributed by atoms with Gasteiger partial charge < -0.3 is 16.0 Å².